The lowest BCUT2D eigenvalue weighted by Crippen LogP contribution is -2.46. The van der Waals surface area contributed by atoms with E-state index >= 15 is 0 Å². The molecule has 0 unspecified atom stereocenters. The third-order valence-electron chi connectivity index (χ3n) is 6.09. The summed E-state index contributed by atoms with van der Waals surface area (Å²) in [7, 11) is -1.36. The number of carbonyl (C=O) groups is 2. The summed E-state index contributed by atoms with van der Waals surface area (Å²) in [5.41, 5.74) is 0.428. The number of thiazole rings is 1. The molecule has 10 nitrogen and oxygen atoms in total. The molecule has 2 fully saturated rings. The number of nitrogens with one attached hydrogen (secondary N) is 1. The fraction of sp³-hybridized carbons (Fsp3) is 0.478. The number of rotatable bonds is 7. The van der Waals surface area contributed by atoms with Crippen LogP contribution in [0.3, 0.4) is 0 Å². The number of sulfone groups is 1. The molecule has 2 aliphatic rings. The van der Waals surface area contributed by atoms with E-state index in [0.29, 0.717) is 23.5 Å². The van der Waals surface area contributed by atoms with Gasteiger partial charge >= 0.3 is 0 Å². The van der Waals surface area contributed by atoms with Crippen molar-refractivity contribution in [3.8, 4) is 0 Å². The lowest BCUT2D eigenvalue weighted by atomic mass is 10.1. The largest absolute Gasteiger partial charge is 0.392 e. The van der Waals surface area contributed by atoms with Gasteiger partial charge in [-0.3, -0.25) is 14.9 Å². The molecule has 1 N–H and O–H groups in total. The number of oxime groups is 1. The van der Waals surface area contributed by atoms with Crippen molar-refractivity contribution in [3.05, 3.63) is 40.9 Å². The van der Waals surface area contributed by atoms with Crippen molar-refractivity contribution in [2.45, 2.75) is 36.7 Å². The quantitative estimate of drug-likeness (QED) is 0.440. The van der Waals surface area contributed by atoms with Gasteiger partial charge in [-0.1, -0.05) is 28.6 Å². The Morgan fingerprint density at radius 2 is 1.77 bits per heavy atom. The van der Waals surface area contributed by atoms with Crippen LogP contribution in [0, 0.1) is 0 Å². The van der Waals surface area contributed by atoms with Crippen LogP contribution in [-0.4, -0.2) is 86.3 Å². The summed E-state index contributed by atoms with van der Waals surface area (Å²) in [4.78, 5) is 40.3. The molecule has 4 rings (SSSR count). The molecule has 2 aromatic rings. The van der Waals surface area contributed by atoms with E-state index < -0.39 is 15.7 Å². The fourth-order valence-electron chi connectivity index (χ4n) is 3.96. The highest BCUT2D eigenvalue weighted by Crippen LogP contribution is 2.23. The molecule has 35 heavy (non-hydrogen) atoms. The zero-order valence-corrected chi connectivity index (χ0v) is 21.4. The Kier molecular flexibility index (Phi) is 7.82. The summed E-state index contributed by atoms with van der Waals surface area (Å²) >= 11 is 1.10. The van der Waals surface area contributed by atoms with Crippen LogP contribution < -0.4 is 5.32 Å². The first-order valence-corrected chi connectivity index (χ1v) is 14.2. The monoisotopic (exact) mass is 519 g/mol. The number of likely N-dealkylation sites (N-methyl/N-ethyl adjacent to an activating group) is 1. The highest BCUT2D eigenvalue weighted by atomic mass is 32.2. The van der Waals surface area contributed by atoms with Crippen molar-refractivity contribution in [2.24, 2.45) is 5.16 Å². The second-order valence-corrected chi connectivity index (χ2v) is 11.9. The van der Waals surface area contributed by atoms with E-state index in [0.717, 1.165) is 56.4 Å². The van der Waals surface area contributed by atoms with E-state index in [1.807, 2.05) is 7.05 Å². The number of amides is 2. The maximum absolute atomic E-state index is 13.1. The predicted molar refractivity (Wildman–Crippen MR) is 134 cm³/mol. The molecular formula is C23H29N5O5S2. The van der Waals surface area contributed by atoms with Gasteiger partial charge in [0.25, 0.3) is 11.8 Å². The molecular weight excluding hydrogens is 490 g/mol. The third-order valence-corrected chi connectivity index (χ3v) is 8.12. The predicted octanol–water partition coefficient (Wildman–Crippen LogP) is 2.24. The fourth-order valence-corrected chi connectivity index (χ4v) is 5.37. The molecule has 2 heterocycles. The van der Waals surface area contributed by atoms with E-state index in [4.69, 9.17) is 4.84 Å². The minimum Gasteiger partial charge on any atom is -0.392 e. The molecule has 1 aromatic heterocycles. The lowest BCUT2D eigenvalue weighted by Gasteiger charge is -2.31. The maximum Gasteiger partial charge on any atom is 0.280 e. The number of piperazine rings is 1. The molecule has 1 aromatic carbocycles. The normalized spacial score (nSPS) is 18.0. The van der Waals surface area contributed by atoms with Crippen molar-refractivity contribution in [2.75, 3.05) is 44.8 Å². The SMILES string of the molecule is CN1CCN(C(=O)c2cnc(NC(=O)/C(=N/OC3CCCC3)c3ccc(S(C)(=O)=O)cc3)s2)CC1. The van der Waals surface area contributed by atoms with Crippen LogP contribution in [0.2, 0.25) is 0 Å². The molecule has 1 aliphatic heterocycles. The number of carbonyl (C=O) groups excluding carboxylic acids is 2. The Balaban J connectivity index is 1.50. The average molecular weight is 520 g/mol. The topological polar surface area (TPSA) is 121 Å². The summed E-state index contributed by atoms with van der Waals surface area (Å²) in [6, 6.07) is 5.91. The van der Waals surface area contributed by atoms with Gasteiger partial charge < -0.3 is 14.6 Å². The molecule has 0 atom stereocenters. The van der Waals surface area contributed by atoms with Gasteiger partial charge in [0.05, 0.1) is 11.1 Å². The average Bonchev–Trinajstić information content (AvgIpc) is 3.51. The molecule has 1 aliphatic carbocycles. The molecule has 0 radical (unpaired) electrons. The summed E-state index contributed by atoms with van der Waals surface area (Å²) in [5.74, 6) is -0.658. The van der Waals surface area contributed by atoms with Crippen LogP contribution in [0.15, 0.2) is 40.5 Å². The highest BCUT2D eigenvalue weighted by molar-refractivity contribution is 7.90. The number of hydrogen-bond donors (Lipinski definition) is 1. The van der Waals surface area contributed by atoms with Crippen molar-refractivity contribution >= 4 is 43.8 Å². The van der Waals surface area contributed by atoms with E-state index in [-0.39, 0.29) is 27.7 Å². The summed E-state index contributed by atoms with van der Waals surface area (Å²) in [6.45, 7) is 2.92. The van der Waals surface area contributed by atoms with Gasteiger partial charge in [-0.25, -0.2) is 13.4 Å². The van der Waals surface area contributed by atoms with Crippen LogP contribution in [0.25, 0.3) is 0 Å². The van der Waals surface area contributed by atoms with Crippen molar-refractivity contribution in [3.63, 3.8) is 0 Å². The van der Waals surface area contributed by atoms with Crippen LogP contribution in [0.5, 0.6) is 0 Å². The molecule has 1 saturated carbocycles. The number of hydrogen-bond acceptors (Lipinski definition) is 9. The van der Waals surface area contributed by atoms with Crippen molar-refractivity contribution in [1.29, 1.82) is 0 Å². The van der Waals surface area contributed by atoms with Gasteiger partial charge in [0.2, 0.25) is 0 Å². The van der Waals surface area contributed by atoms with E-state index in [2.05, 4.69) is 20.4 Å². The van der Waals surface area contributed by atoms with Crippen molar-refractivity contribution in [1.82, 2.24) is 14.8 Å². The first-order valence-electron chi connectivity index (χ1n) is 11.5. The molecule has 188 valence electrons. The van der Waals surface area contributed by atoms with Crippen LogP contribution in [-0.2, 0) is 19.5 Å². The Hall–Kier alpha value is -2.83. The number of aromatic nitrogens is 1. The summed E-state index contributed by atoms with van der Waals surface area (Å²) < 4.78 is 23.6. The first kappa shape index (κ1) is 25.3. The van der Waals surface area contributed by atoms with Crippen molar-refractivity contribution < 1.29 is 22.8 Å². The highest BCUT2D eigenvalue weighted by Gasteiger charge is 2.24. The molecule has 0 spiro atoms. The molecule has 2 amide bonds. The Bertz CT molecular complexity index is 1200. The Morgan fingerprint density at radius 1 is 1.11 bits per heavy atom. The zero-order valence-electron chi connectivity index (χ0n) is 19.8. The van der Waals surface area contributed by atoms with Gasteiger partial charge in [0.15, 0.2) is 20.7 Å². The lowest BCUT2D eigenvalue weighted by molar-refractivity contribution is -0.110. The van der Waals surface area contributed by atoms with Crippen LogP contribution in [0.1, 0.15) is 40.9 Å². The second kappa shape index (κ2) is 10.8. The Labute approximate surface area is 208 Å². The smallest absolute Gasteiger partial charge is 0.280 e. The van der Waals surface area contributed by atoms with Gasteiger partial charge in [0, 0.05) is 38.0 Å². The van der Waals surface area contributed by atoms with Gasteiger partial charge in [0.1, 0.15) is 11.0 Å². The van der Waals surface area contributed by atoms with E-state index in [1.54, 1.807) is 4.90 Å². The molecule has 0 bridgehead atoms. The standard InChI is InChI=1S/C23H29N5O5S2/c1-27-11-13-28(14-12-27)22(30)19-15-24-23(34-19)25-21(29)20(26-33-17-5-3-4-6-17)16-7-9-18(10-8-16)35(2,31)32/h7-10,15,17H,3-6,11-14H2,1-2H3,(H,24,25,29)/b26-20+. The minimum absolute atomic E-state index is 0.0131. The van der Waals surface area contributed by atoms with Gasteiger partial charge in [-0.2, -0.15) is 0 Å². The van der Waals surface area contributed by atoms with Gasteiger partial charge in [-0.15, -0.1) is 0 Å². The van der Waals surface area contributed by atoms with E-state index in [1.165, 1.54) is 30.5 Å². The minimum atomic E-state index is -3.38. The molecule has 12 heteroatoms. The summed E-state index contributed by atoms with van der Waals surface area (Å²) in [6.07, 6.45) is 6.37. The van der Waals surface area contributed by atoms with Crippen LogP contribution in [0.4, 0.5) is 5.13 Å². The number of benzene rings is 1. The maximum atomic E-state index is 13.1. The molecule has 1 saturated heterocycles. The third kappa shape index (κ3) is 6.44. The van der Waals surface area contributed by atoms with E-state index in [9.17, 15) is 18.0 Å². The summed E-state index contributed by atoms with van der Waals surface area (Å²) in [5, 5.41) is 7.12. The van der Waals surface area contributed by atoms with Gasteiger partial charge in [-0.05, 0) is 44.9 Å². The zero-order chi connectivity index (χ0) is 25.0. The number of nitrogens with zero attached hydrogens (tertiary/aromatic N) is 4. The Morgan fingerprint density at radius 3 is 2.40 bits per heavy atom. The first-order chi connectivity index (χ1) is 16.7. The second-order valence-electron chi connectivity index (χ2n) is 8.83. The number of anilines is 1. The van der Waals surface area contributed by atoms with Crippen LogP contribution >= 0.6 is 11.3 Å².